The minimum atomic E-state index is -0.534. The SMILES string of the molecule is CCN1CCCC(O)(Cc2nc(C)cs2)CC1. The lowest BCUT2D eigenvalue weighted by atomic mass is 9.91. The van der Waals surface area contributed by atoms with Crippen LogP contribution < -0.4 is 0 Å². The lowest BCUT2D eigenvalue weighted by Crippen LogP contribution is -2.33. The van der Waals surface area contributed by atoms with E-state index in [9.17, 15) is 5.11 Å². The van der Waals surface area contributed by atoms with E-state index in [2.05, 4.69) is 22.2 Å². The molecule has 3 nitrogen and oxygen atoms in total. The van der Waals surface area contributed by atoms with Gasteiger partial charge < -0.3 is 10.0 Å². The Morgan fingerprint density at radius 3 is 2.94 bits per heavy atom. The zero-order valence-electron chi connectivity index (χ0n) is 10.8. The molecule has 0 spiro atoms. The maximum atomic E-state index is 10.7. The lowest BCUT2D eigenvalue weighted by molar-refractivity contribution is 0.0258. The van der Waals surface area contributed by atoms with Crippen LogP contribution in [-0.2, 0) is 6.42 Å². The molecule has 1 unspecified atom stereocenters. The van der Waals surface area contributed by atoms with E-state index in [0.29, 0.717) is 0 Å². The largest absolute Gasteiger partial charge is 0.389 e. The zero-order valence-corrected chi connectivity index (χ0v) is 11.6. The van der Waals surface area contributed by atoms with Crippen molar-refractivity contribution in [1.82, 2.24) is 9.88 Å². The number of likely N-dealkylation sites (tertiary alicyclic amines) is 1. The van der Waals surface area contributed by atoms with Crippen LogP contribution in [0.3, 0.4) is 0 Å². The van der Waals surface area contributed by atoms with Gasteiger partial charge in [0.1, 0.15) is 0 Å². The highest BCUT2D eigenvalue weighted by atomic mass is 32.1. The first-order valence-corrected chi connectivity index (χ1v) is 7.35. The van der Waals surface area contributed by atoms with Crippen molar-refractivity contribution in [1.29, 1.82) is 0 Å². The van der Waals surface area contributed by atoms with Crippen LogP contribution >= 0.6 is 11.3 Å². The zero-order chi connectivity index (χ0) is 12.3. The van der Waals surface area contributed by atoms with Crippen LogP contribution in [0.1, 0.15) is 36.9 Å². The van der Waals surface area contributed by atoms with Gasteiger partial charge in [0.2, 0.25) is 0 Å². The number of aliphatic hydroxyl groups is 1. The van der Waals surface area contributed by atoms with Crippen molar-refractivity contribution in [3.8, 4) is 0 Å². The fourth-order valence-corrected chi connectivity index (χ4v) is 3.40. The minimum absolute atomic E-state index is 0.534. The molecule has 1 aromatic rings. The molecule has 1 fully saturated rings. The molecular weight excluding hydrogens is 232 g/mol. The van der Waals surface area contributed by atoms with E-state index >= 15 is 0 Å². The lowest BCUT2D eigenvalue weighted by Gasteiger charge is -2.25. The maximum absolute atomic E-state index is 10.7. The van der Waals surface area contributed by atoms with Gasteiger partial charge in [-0.3, -0.25) is 0 Å². The molecule has 96 valence electrons. The van der Waals surface area contributed by atoms with E-state index in [4.69, 9.17) is 0 Å². The van der Waals surface area contributed by atoms with Crippen LogP contribution in [-0.4, -0.2) is 40.2 Å². The number of aromatic nitrogens is 1. The van der Waals surface area contributed by atoms with Gasteiger partial charge in [-0.05, 0) is 39.3 Å². The molecular formula is C13H22N2OS. The molecule has 0 radical (unpaired) electrons. The summed E-state index contributed by atoms with van der Waals surface area (Å²) in [6.45, 7) is 7.42. The maximum Gasteiger partial charge on any atom is 0.0956 e. The van der Waals surface area contributed by atoms with Crippen molar-refractivity contribution in [2.24, 2.45) is 0 Å². The van der Waals surface area contributed by atoms with Gasteiger partial charge in [0.15, 0.2) is 0 Å². The topological polar surface area (TPSA) is 36.4 Å². The second-order valence-corrected chi connectivity index (χ2v) is 6.01. The van der Waals surface area contributed by atoms with Crippen molar-refractivity contribution in [3.05, 3.63) is 16.1 Å². The number of hydrogen-bond donors (Lipinski definition) is 1. The number of nitrogens with zero attached hydrogens (tertiary/aromatic N) is 2. The molecule has 17 heavy (non-hydrogen) atoms. The summed E-state index contributed by atoms with van der Waals surface area (Å²) in [5.41, 5.74) is 0.534. The van der Waals surface area contributed by atoms with E-state index in [-0.39, 0.29) is 0 Å². The summed E-state index contributed by atoms with van der Waals surface area (Å²) < 4.78 is 0. The number of thiazole rings is 1. The van der Waals surface area contributed by atoms with Crippen molar-refractivity contribution in [2.75, 3.05) is 19.6 Å². The van der Waals surface area contributed by atoms with Crippen LogP contribution in [0, 0.1) is 6.92 Å². The van der Waals surface area contributed by atoms with Gasteiger partial charge in [-0.1, -0.05) is 6.92 Å². The predicted octanol–water partition coefficient (Wildman–Crippen LogP) is 2.23. The Morgan fingerprint density at radius 1 is 1.47 bits per heavy atom. The van der Waals surface area contributed by atoms with Crippen molar-refractivity contribution >= 4 is 11.3 Å². The third kappa shape index (κ3) is 3.50. The number of rotatable bonds is 3. The second kappa shape index (κ2) is 5.46. The van der Waals surface area contributed by atoms with Crippen LogP contribution in [0.4, 0.5) is 0 Å². The van der Waals surface area contributed by atoms with Crippen LogP contribution in [0.2, 0.25) is 0 Å². The molecule has 0 amide bonds. The van der Waals surface area contributed by atoms with Gasteiger partial charge in [-0.25, -0.2) is 4.98 Å². The molecule has 2 heterocycles. The molecule has 1 aliphatic heterocycles. The molecule has 1 atom stereocenters. The van der Waals surface area contributed by atoms with Gasteiger partial charge in [0, 0.05) is 24.0 Å². The van der Waals surface area contributed by atoms with Crippen LogP contribution in [0.25, 0.3) is 0 Å². The Morgan fingerprint density at radius 2 is 2.29 bits per heavy atom. The number of hydrogen-bond acceptors (Lipinski definition) is 4. The quantitative estimate of drug-likeness (QED) is 0.898. The first-order valence-electron chi connectivity index (χ1n) is 6.47. The molecule has 4 heteroatoms. The summed E-state index contributed by atoms with van der Waals surface area (Å²) in [5, 5.41) is 13.8. The third-order valence-corrected chi connectivity index (χ3v) is 4.57. The molecule has 0 aliphatic carbocycles. The minimum Gasteiger partial charge on any atom is -0.389 e. The highest BCUT2D eigenvalue weighted by molar-refractivity contribution is 7.09. The highest BCUT2D eigenvalue weighted by Gasteiger charge is 2.30. The first-order chi connectivity index (χ1) is 8.11. The average molecular weight is 254 g/mol. The van der Waals surface area contributed by atoms with Crippen molar-refractivity contribution in [3.63, 3.8) is 0 Å². The number of aryl methyl sites for hydroxylation is 1. The van der Waals surface area contributed by atoms with Crippen LogP contribution in [0.5, 0.6) is 0 Å². The Hall–Kier alpha value is -0.450. The Balaban J connectivity index is 1.98. The van der Waals surface area contributed by atoms with Crippen molar-refractivity contribution < 1.29 is 5.11 Å². The summed E-state index contributed by atoms with van der Waals surface area (Å²) in [5.74, 6) is 0. The summed E-state index contributed by atoms with van der Waals surface area (Å²) >= 11 is 1.67. The standard InChI is InChI=1S/C13H22N2OS/c1-3-15-7-4-5-13(16,6-8-15)9-12-14-11(2)10-17-12/h10,16H,3-9H2,1-2H3. The smallest absolute Gasteiger partial charge is 0.0956 e. The molecule has 0 saturated carbocycles. The molecule has 2 rings (SSSR count). The van der Waals surface area contributed by atoms with Crippen LogP contribution in [0.15, 0.2) is 5.38 Å². The average Bonchev–Trinajstić information content (AvgIpc) is 2.59. The molecule has 0 bridgehead atoms. The van der Waals surface area contributed by atoms with Crippen molar-refractivity contribution in [2.45, 2.75) is 45.1 Å². The Kier molecular flexibility index (Phi) is 4.17. The highest BCUT2D eigenvalue weighted by Crippen LogP contribution is 2.27. The van der Waals surface area contributed by atoms with E-state index in [1.165, 1.54) is 0 Å². The van der Waals surface area contributed by atoms with E-state index < -0.39 is 5.60 Å². The molecule has 1 N–H and O–H groups in total. The summed E-state index contributed by atoms with van der Waals surface area (Å²) in [6, 6.07) is 0. The summed E-state index contributed by atoms with van der Waals surface area (Å²) in [4.78, 5) is 6.89. The fraction of sp³-hybridized carbons (Fsp3) is 0.769. The first kappa shape index (κ1) is 13.0. The van der Waals surface area contributed by atoms with E-state index in [1.807, 2.05) is 6.92 Å². The fourth-order valence-electron chi connectivity index (χ4n) is 2.49. The Bertz CT molecular complexity index is 366. The molecule has 1 aromatic heterocycles. The summed E-state index contributed by atoms with van der Waals surface area (Å²) in [7, 11) is 0. The predicted molar refractivity (Wildman–Crippen MR) is 71.5 cm³/mol. The van der Waals surface area contributed by atoms with Gasteiger partial charge in [-0.2, -0.15) is 0 Å². The normalized spacial score (nSPS) is 27.0. The third-order valence-electron chi connectivity index (χ3n) is 3.60. The van der Waals surface area contributed by atoms with E-state index in [0.717, 1.165) is 56.0 Å². The van der Waals surface area contributed by atoms with Gasteiger partial charge in [0.25, 0.3) is 0 Å². The second-order valence-electron chi connectivity index (χ2n) is 5.07. The Labute approximate surface area is 107 Å². The van der Waals surface area contributed by atoms with E-state index in [1.54, 1.807) is 11.3 Å². The van der Waals surface area contributed by atoms with Gasteiger partial charge >= 0.3 is 0 Å². The molecule has 0 aromatic carbocycles. The molecule has 1 saturated heterocycles. The summed E-state index contributed by atoms with van der Waals surface area (Å²) in [6.07, 6.45) is 3.60. The van der Waals surface area contributed by atoms with Gasteiger partial charge in [-0.15, -0.1) is 11.3 Å². The molecule has 1 aliphatic rings. The van der Waals surface area contributed by atoms with Gasteiger partial charge in [0.05, 0.1) is 10.6 Å². The monoisotopic (exact) mass is 254 g/mol.